The molecule has 2 amide bonds. The Morgan fingerprint density at radius 1 is 0.906 bits per heavy atom. The topological polar surface area (TPSA) is 86.6 Å². The van der Waals surface area contributed by atoms with Gasteiger partial charge in [-0.3, -0.25) is 9.59 Å². The fraction of sp³-hybridized carbons (Fsp3) is 0.535. The Labute approximate surface area is 311 Å². The molecule has 0 radical (unpaired) electrons. The van der Waals surface area contributed by atoms with Crippen LogP contribution in [0.15, 0.2) is 54.9 Å². The Morgan fingerprint density at radius 2 is 1.64 bits per heavy atom. The van der Waals surface area contributed by atoms with Gasteiger partial charge in [-0.25, -0.2) is 14.4 Å². The maximum atomic E-state index is 14.9. The lowest BCUT2D eigenvalue weighted by Gasteiger charge is -2.48. The number of piperidine rings is 2. The number of imidazole rings is 1. The molecule has 2 aliphatic carbocycles. The van der Waals surface area contributed by atoms with Gasteiger partial charge in [0.1, 0.15) is 11.3 Å². The number of para-hydroxylation sites is 1. The smallest absolute Gasteiger partial charge is 0.238 e. The predicted octanol–water partition coefficient (Wildman–Crippen LogP) is 8.37. The summed E-state index contributed by atoms with van der Waals surface area (Å²) >= 11 is 0. The number of amides is 2. The lowest BCUT2D eigenvalue weighted by molar-refractivity contribution is -0.140. The van der Waals surface area contributed by atoms with E-state index in [9.17, 15) is 14.0 Å². The molecule has 2 aromatic heterocycles. The molecule has 3 aliphatic heterocycles. The Balaban J connectivity index is 1.07. The predicted molar refractivity (Wildman–Crippen MR) is 207 cm³/mol. The summed E-state index contributed by atoms with van der Waals surface area (Å²) in [4.78, 5) is 45.3. The van der Waals surface area contributed by atoms with Gasteiger partial charge in [0, 0.05) is 48.4 Å². The maximum Gasteiger partial charge on any atom is 0.238 e. The van der Waals surface area contributed by atoms with Crippen molar-refractivity contribution in [3.63, 3.8) is 0 Å². The van der Waals surface area contributed by atoms with E-state index in [0.717, 1.165) is 79.5 Å². The zero-order valence-electron chi connectivity index (χ0n) is 31.2. The SMILES string of the molecule is CC(C)n1cnc2cc(-c3ccc4c(c3)N(C3CC(N5CCCCC5)C3)C(=O)C43CCN(C(=O)C4CCCCC4)CC3)nc(Nc3ccccc3F)c21. The molecule has 2 aromatic carbocycles. The Kier molecular flexibility index (Phi) is 8.99. The number of aromatic nitrogens is 3. The second kappa shape index (κ2) is 13.8. The van der Waals surface area contributed by atoms with Crippen LogP contribution in [0, 0.1) is 11.7 Å². The first-order valence-corrected chi connectivity index (χ1v) is 20.2. The van der Waals surface area contributed by atoms with Gasteiger partial charge in [-0.05, 0) is 108 Å². The first-order valence-electron chi connectivity index (χ1n) is 20.2. The lowest BCUT2D eigenvalue weighted by Crippen LogP contribution is -2.58. The minimum Gasteiger partial charge on any atom is -0.342 e. The van der Waals surface area contributed by atoms with Crippen molar-refractivity contribution in [3.8, 4) is 11.3 Å². The minimum absolute atomic E-state index is 0.130. The van der Waals surface area contributed by atoms with E-state index in [4.69, 9.17) is 9.97 Å². The van der Waals surface area contributed by atoms with E-state index in [1.807, 2.05) is 12.4 Å². The zero-order valence-corrected chi connectivity index (χ0v) is 31.2. The normalized spacial score (nSPS) is 23.5. The zero-order chi connectivity index (χ0) is 36.3. The minimum atomic E-state index is -0.627. The van der Waals surface area contributed by atoms with Gasteiger partial charge in [0.15, 0.2) is 5.82 Å². The van der Waals surface area contributed by atoms with Crippen LogP contribution in [0.5, 0.6) is 0 Å². The van der Waals surface area contributed by atoms with E-state index in [1.54, 1.807) is 18.2 Å². The molecule has 0 atom stereocenters. The third kappa shape index (κ3) is 6.01. The van der Waals surface area contributed by atoms with Crippen LogP contribution >= 0.6 is 0 Å². The van der Waals surface area contributed by atoms with Crippen LogP contribution in [0.3, 0.4) is 0 Å². The molecule has 5 heterocycles. The van der Waals surface area contributed by atoms with Crippen LogP contribution in [0.2, 0.25) is 0 Å². The van der Waals surface area contributed by atoms with E-state index in [0.29, 0.717) is 55.1 Å². The highest BCUT2D eigenvalue weighted by Crippen LogP contribution is 2.52. The number of pyridine rings is 1. The first kappa shape index (κ1) is 34.5. The molecule has 4 fully saturated rings. The summed E-state index contributed by atoms with van der Waals surface area (Å²) in [5.41, 5.74) is 5.00. The summed E-state index contributed by atoms with van der Waals surface area (Å²) < 4.78 is 17.0. The second-order valence-electron chi connectivity index (χ2n) is 16.6. The van der Waals surface area contributed by atoms with Crippen molar-refractivity contribution < 1.29 is 14.0 Å². The van der Waals surface area contributed by atoms with Gasteiger partial charge in [0.2, 0.25) is 11.8 Å². The molecule has 9 rings (SSSR count). The molecule has 2 saturated carbocycles. The van der Waals surface area contributed by atoms with Gasteiger partial charge in [0.05, 0.1) is 28.6 Å². The van der Waals surface area contributed by atoms with Crippen molar-refractivity contribution >= 4 is 40.0 Å². The van der Waals surface area contributed by atoms with Crippen LogP contribution in [0.4, 0.5) is 21.6 Å². The molecule has 9 nitrogen and oxygen atoms in total. The van der Waals surface area contributed by atoms with Crippen molar-refractivity contribution in [2.75, 3.05) is 36.4 Å². The Bertz CT molecular complexity index is 2020. The highest BCUT2D eigenvalue weighted by Gasteiger charge is 2.56. The van der Waals surface area contributed by atoms with Crippen molar-refractivity contribution in [3.05, 3.63) is 66.2 Å². The van der Waals surface area contributed by atoms with E-state index in [2.05, 4.69) is 56.6 Å². The Hall–Kier alpha value is -4.31. The summed E-state index contributed by atoms with van der Waals surface area (Å²) in [7, 11) is 0. The van der Waals surface area contributed by atoms with Gasteiger partial charge in [-0.2, -0.15) is 0 Å². The summed E-state index contributed by atoms with van der Waals surface area (Å²) in [6.45, 7) is 7.75. The van der Waals surface area contributed by atoms with Gasteiger partial charge in [0.25, 0.3) is 0 Å². The van der Waals surface area contributed by atoms with Gasteiger partial charge < -0.3 is 24.6 Å². The molecule has 0 bridgehead atoms. The van der Waals surface area contributed by atoms with E-state index in [-0.39, 0.29) is 29.7 Å². The number of anilines is 3. The van der Waals surface area contributed by atoms with Crippen LogP contribution in [-0.4, -0.2) is 74.4 Å². The number of nitrogens with one attached hydrogen (secondary N) is 1. The summed E-state index contributed by atoms with van der Waals surface area (Å²) in [5, 5.41) is 3.28. The van der Waals surface area contributed by atoms with Crippen LogP contribution in [0.25, 0.3) is 22.3 Å². The maximum absolute atomic E-state index is 14.9. The molecular formula is C43H52FN7O2. The number of likely N-dealkylation sites (tertiary alicyclic amines) is 2. The molecule has 278 valence electrons. The largest absolute Gasteiger partial charge is 0.342 e. The number of benzene rings is 2. The number of carbonyl (C=O) groups excluding carboxylic acids is 2. The van der Waals surface area contributed by atoms with Gasteiger partial charge in [-0.15, -0.1) is 0 Å². The van der Waals surface area contributed by atoms with E-state index < -0.39 is 5.41 Å². The molecule has 5 aliphatic rings. The second-order valence-corrected chi connectivity index (χ2v) is 16.6. The quantitative estimate of drug-likeness (QED) is 0.207. The molecule has 1 spiro atoms. The standard InChI is InChI=1S/C43H52FN7O2/c1-28(2)50-27-45-37-26-36(47-40(39(37)50)46-35-14-8-7-13-34(35)44)30-15-16-33-38(23-30)51(32-24-31(25-32)48-19-9-4-10-20-48)42(53)43(33)17-21-49(22-18-43)41(52)29-11-5-3-6-12-29/h7-8,13-16,23,26-29,31-32H,3-6,9-12,17-22,24-25H2,1-2H3,(H,46,47). The monoisotopic (exact) mass is 717 g/mol. The average Bonchev–Trinajstić information content (AvgIpc) is 3.70. The molecule has 2 saturated heterocycles. The number of halogens is 1. The van der Waals surface area contributed by atoms with Crippen molar-refractivity contribution in [1.29, 1.82) is 0 Å². The van der Waals surface area contributed by atoms with E-state index >= 15 is 0 Å². The van der Waals surface area contributed by atoms with Crippen molar-refractivity contribution in [2.24, 2.45) is 5.92 Å². The third-order valence-electron chi connectivity index (χ3n) is 13.2. The van der Waals surface area contributed by atoms with E-state index in [1.165, 1.54) is 31.7 Å². The average molecular weight is 718 g/mol. The van der Waals surface area contributed by atoms with Crippen LogP contribution < -0.4 is 10.2 Å². The molecular weight excluding hydrogens is 666 g/mol. The van der Waals surface area contributed by atoms with Gasteiger partial charge in [-0.1, -0.05) is 49.9 Å². The third-order valence-corrected chi connectivity index (χ3v) is 13.2. The number of hydrogen-bond donors (Lipinski definition) is 1. The summed E-state index contributed by atoms with van der Waals surface area (Å²) in [6, 6.07) is 15.9. The number of carbonyl (C=O) groups is 2. The van der Waals surface area contributed by atoms with Crippen LogP contribution in [-0.2, 0) is 15.0 Å². The summed E-state index contributed by atoms with van der Waals surface area (Å²) in [6.07, 6.45) is 14.4. The fourth-order valence-corrected chi connectivity index (χ4v) is 10.0. The summed E-state index contributed by atoms with van der Waals surface area (Å²) in [5.74, 6) is 0.825. The number of rotatable bonds is 7. The molecule has 53 heavy (non-hydrogen) atoms. The van der Waals surface area contributed by atoms with Crippen LogP contribution in [0.1, 0.15) is 103 Å². The Morgan fingerprint density at radius 3 is 2.38 bits per heavy atom. The number of nitrogens with zero attached hydrogens (tertiary/aromatic N) is 6. The van der Waals surface area contributed by atoms with Crippen molar-refractivity contribution in [2.45, 2.75) is 114 Å². The highest BCUT2D eigenvalue weighted by atomic mass is 19.1. The molecule has 4 aromatic rings. The molecule has 10 heteroatoms. The number of hydrogen-bond acceptors (Lipinski definition) is 6. The number of fused-ring (bicyclic) bond motifs is 3. The fourth-order valence-electron chi connectivity index (χ4n) is 10.0. The highest BCUT2D eigenvalue weighted by molar-refractivity contribution is 6.09. The first-order chi connectivity index (χ1) is 25.8. The van der Waals surface area contributed by atoms with Gasteiger partial charge >= 0.3 is 0 Å². The van der Waals surface area contributed by atoms with Crippen molar-refractivity contribution in [1.82, 2.24) is 24.3 Å². The molecule has 1 N–H and O–H groups in total. The molecule has 0 unspecified atom stereocenters. The lowest BCUT2D eigenvalue weighted by atomic mass is 9.73.